The van der Waals surface area contributed by atoms with E-state index in [4.69, 9.17) is 0 Å². The lowest BCUT2D eigenvalue weighted by Crippen LogP contribution is -2.63. The molecule has 0 radical (unpaired) electrons. The van der Waals surface area contributed by atoms with Crippen molar-refractivity contribution in [2.45, 2.75) is 76.8 Å². The fraction of sp³-hybridized carbons (Fsp3) is 0.789. The Labute approximate surface area is 145 Å². The van der Waals surface area contributed by atoms with Gasteiger partial charge in [0.2, 0.25) is 0 Å². The molecule has 2 fully saturated rings. The van der Waals surface area contributed by atoms with Crippen molar-refractivity contribution in [1.82, 2.24) is 20.0 Å². The van der Waals surface area contributed by atoms with Gasteiger partial charge in [-0.3, -0.25) is 14.8 Å². The average Bonchev–Trinajstić information content (AvgIpc) is 2.96. The predicted molar refractivity (Wildman–Crippen MR) is 96.2 cm³/mol. The van der Waals surface area contributed by atoms with Gasteiger partial charge in [0.15, 0.2) is 0 Å². The summed E-state index contributed by atoms with van der Waals surface area (Å²) in [7, 11) is 2.22. The highest BCUT2D eigenvalue weighted by Gasteiger charge is 2.46. The topological polar surface area (TPSA) is 52.2 Å². The second-order valence-corrected chi connectivity index (χ2v) is 8.81. The number of amides is 1. The van der Waals surface area contributed by atoms with Crippen molar-refractivity contribution < 1.29 is 4.79 Å². The maximum Gasteiger partial charge on any atom is 0.274 e. The predicted octanol–water partition coefficient (Wildman–Crippen LogP) is 3.19. The van der Waals surface area contributed by atoms with Gasteiger partial charge in [-0.25, -0.2) is 0 Å². The molecule has 1 amide bonds. The van der Waals surface area contributed by atoms with Crippen LogP contribution in [0.3, 0.4) is 0 Å². The molecule has 3 rings (SSSR count). The van der Waals surface area contributed by atoms with Crippen molar-refractivity contribution in [2.24, 2.45) is 0 Å². The van der Waals surface area contributed by atoms with Crippen LogP contribution in [0.4, 0.5) is 0 Å². The maximum atomic E-state index is 13.2. The van der Waals surface area contributed by atoms with Crippen molar-refractivity contribution in [2.75, 3.05) is 20.1 Å². The van der Waals surface area contributed by atoms with E-state index in [-0.39, 0.29) is 16.9 Å². The van der Waals surface area contributed by atoms with Crippen molar-refractivity contribution >= 4 is 5.91 Å². The maximum absolute atomic E-state index is 13.2. The standard InChI is InChI=1S/C19H32N4O/c1-18(2,3)15-13-14(20-21-15)17(24)23-12-8-10-19(4)16(23)9-6-7-11-22(19)5/h13,16H,6-12H2,1-5H3,(H,20,21)/t16-,19-/m0/s1. The van der Waals surface area contributed by atoms with E-state index in [1.54, 1.807) is 0 Å². The van der Waals surface area contributed by atoms with Gasteiger partial charge in [0.25, 0.3) is 5.91 Å². The second-order valence-electron chi connectivity index (χ2n) is 8.81. The highest BCUT2D eigenvalue weighted by molar-refractivity contribution is 5.92. The summed E-state index contributed by atoms with van der Waals surface area (Å²) in [5.74, 6) is 0.0907. The van der Waals surface area contributed by atoms with Gasteiger partial charge in [-0.1, -0.05) is 27.2 Å². The van der Waals surface area contributed by atoms with E-state index in [2.05, 4.69) is 54.7 Å². The molecule has 1 aromatic rings. The highest BCUT2D eigenvalue weighted by atomic mass is 16.2. The van der Waals surface area contributed by atoms with Gasteiger partial charge >= 0.3 is 0 Å². The lowest BCUT2D eigenvalue weighted by molar-refractivity contribution is -0.00366. The van der Waals surface area contributed by atoms with Crippen molar-refractivity contribution in [1.29, 1.82) is 0 Å². The quantitative estimate of drug-likeness (QED) is 0.859. The Morgan fingerprint density at radius 2 is 2.04 bits per heavy atom. The van der Waals surface area contributed by atoms with Crippen molar-refractivity contribution in [3.05, 3.63) is 17.5 Å². The first-order valence-corrected chi connectivity index (χ1v) is 9.31. The molecule has 1 aromatic heterocycles. The Kier molecular flexibility index (Phi) is 4.49. The molecule has 3 heterocycles. The van der Waals surface area contributed by atoms with Gasteiger partial charge in [0.05, 0.1) is 6.04 Å². The van der Waals surface area contributed by atoms with Crippen molar-refractivity contribution in [3.63, 3.8) is 0 Å². The molecule has 2 aliphatic rings. The number of aromatic nitrogens is 2. The van der Waals surface area contributed by atoms with E-state index in [1.807, 2.05) is 6.07 Å². The van der Waals surface area contributed by atoms with Crippen LogP contribution in [0.15, 0.2) is 6.07 Å². The smallest absolute Gasteiger partial charge is 0.274 e. The molecule has 134 valence electrons. The zero-order valence-corrected chi connectivity index (χ0v) is 15.9. The minimum atomic E-state index is -0.0233. The van der Waals surface area contributed by atoms with E-state index in [0.29, 0.717) is 11.7 Å². The van der Waals surface area contributed by atoms with Crippen LogP contribution in [-0.2, 0) is 5.41 Å². The molecule has 2 atom stereocenters. The van der Waals surface area contributed by atoms with Gasteiger partial charge in [0.1, 0.15) is 5.69 Å². The number of hydrogen-bond acceptors (Lipinski definition) is 3. The highest BCUT2D eigenvalue weighted by Crippen LogP contribution is 2.38. The van der Waals surface area contributed by atoms with Gasteiger partial charge in [-0.05, 0) is 52.3 Å². The molecular formula is C19H32N4O. The molecule has 24 heavy (non-hydrogen) atoms. The number of rotatable bonds is 1. The number of piperidine rings is 1. The summed E-state index contributed by atoms with van der Waals surface area (Å²) in [4.78, 5) is 17.8. The zero-order chi connectivity index (χ0) is 17.5. The lowest BCUT2D eigenvalue weighted by atomic mass is 9.80. The van der Waals surface area contributed by atoms with Crippen LogP contribution >= 0.6 is 0 Å². The Hall–Kier alpha value is -1.36. The minimum Gasteiger partial charge on any atom is -0.332 e. The Morgan fingerprint density at radius 1 is 1.29 bits per heavy atom. The molecule has 1 N–H and O–H groups in total. The molecule has 0 aliphatic carbocycles. The number of likely N-dealkylation sites (tertiary alicyclic amines) is 2. The van der Waals surface area contributed by atoms with E-state index in [1.165, 1.54) is 19.3 Å². The monoisotopic (exact) mass is 332 g/mol. The molecule has 0 spiro atoms. The van der Waals surface area contributed by atoms with E-state index in [9.17, 15) is 4.79 Å². The molecule has 2 aliphatic heterocycles. The summed E-state index contributed by atoms with van der Waals surface area (Å²) in [6.07, 6.45) is 5.76. The fourth-order valence-corrected chi connectivity index (χ4v) is 4.33. The third-order valence-corrected chi connectivity index (χ3v) is 6.13. The summed E-state index contributed by atoms with van der Waals surface area (Å²) in [6.45, 7) is 10.7. The van der Waals surface area contributed by atoms with E-state index < -0.39 is 0 Å². The number of fused-ring (bicyclic) bond motifs is 1. The SMILES string of the molecule is CN1CCCC[C@@H]2N(C(=O)c3cc(C(C)(C)C)[nH]n3)CCC[C@@]21C. The molecular weight excluding hydrogens is 300 g/mol. The van der Waals surface area contributed by atoms with Crippen LogP contribution in [0.1, 0.15) is 76.0 Å². The third kappa shape index (κ3) is 2.99. The summed E-state index contributed by atoms with van der Waals surface area (Å²) in [6, 6.07) is 2.23. The van der Waals surface area contributed by atoms with Gasteiger partial charge in [-0.15, -0.1) is 0 Å². The van der Waals surface area contributed by atoms with Crippen LogP contribution in [-0.4, -0.2) is 57.6 Å². The number of likely N-dealkylation sites (N-methyl/N-ethyl adjacent to an activating group) is 1. The summed E-state index contributed by atoms with van der Waals surface area (Å²) in [5.41, 5.74) is 1.65. The molecule has 0 aromatic carbocycles. The zero-order valence-electron chi connectivity index (χ0n) is 15.9. The van der Waals surface area contributed by atoms with E-state index >= 15 is 0 Å². The van der Waals surface area contributed by atoms with Crippen LogP contribution in [0.5, 0.6) is 0 Å². The Morgan fingerprint density at radius 3 is 2.71 bits per heavy atom. The van der Waals surface area contributed by atoms with E-state index in [0.717, 1.165) is 31.6 Å². The fourth-order valence-electron chi connectivity index (χ4n) is 4.33. The summed E-state index contributed by atoms with van der Waals surface area (Å²) in [5, 5.41) is 7.39. The number of aromatic amines is 1. The van der Waals surface area contributed by atoms with Gasteiger partial charge in [-0.2, -0.15) is 5.10 Å². The first kappa shape index (κ1) is 17.5. The third-order valence-electron chi connectivity index (χ3n) is 6.13. The first-order valence-electron chi connectivity index (χ1n) is 9.31. The van der Waals surface area contributed by atoms with Crippen LogP contribution in [0.25, 0.3) is 0 Å². The second kappa shape index (κ2) is 6.17. The Bertz CT molecular complexity index is 603. The first-order chi connectivity index (χ1) is 11.2. The largest absolute Gasteiger partial charge is 0.332 e. The minimum absolute atomic E-state index is 0.0233. The van der Waals surface area contributed by atoms with Gasteiger partial charge in [0, 0.05) is 23.2 Å². The molecule has 5 nitrogen and oxygen atoms in total. The molecule has 0 unspecified atom stereocenters. The number of carbonyl (C=O) groups is 1. The summed E-state index contributed by atoms with van der Waals surface area (Å²) < 4.78 is 0. The average molecular weight is 332 g/mol. The lowest BCUT2D eigenvalue weighted by Gasteiger charge is -2.51. The Balaban J connectivity index is 1.87. The molecule has 2 saturated heterocycles. The normalized spacial score (nSPS) is 29.2. The molecule has 5 heteroatoms. The number of nitrogens with one attached hydrogen (secondary N) is 1. The van der Waals surface area contributed by atoms with Crippen LogP contribution in [0.2, 0.25) is 0 Å². The van der Waals surface area contributed by atoms with Crippen LogP contribution < -0.4 is 0 Å². The summed E-state index contributed by atoms with van der Waals surface area (Å²) >= 11 is 0. The number of nitrogens with zero attached hydrogens (tertiary/aromatic N) is 3. The van der Waals surface area contributed by atoms with Gasteiger partial charge < -0.3 is 4.90 Å². The number of carbonyl (C=O) groups excluding carboxylic acids is 1. The molecule has 0 bridgehead atoms. The number of H-pyrrole nitrogens is 1. The van der Waals surface area contributed by atoms with Crippen molar-refractivity contribution in [3.8, 4) is 0 Å². The number of hydrogen-bond donors (Lipinski definition) is 1. The van der Waals surface area contributed by atoms with Crippen LogP contribution in [0, 0.1) is 0 Å². The molecule has 0 saturated carbocycles.